The minimum Gasteiger partial charge on any atom is -0.469 e. The number of methoxy groups -OCH3 is 1. The Morgan fingerprint density at radius 1 is 1.11 bits per heavy atom. The van der Waals surface area contributed by atoms with Crippen molar-refractivity contribution in [2.75, 3.05) is 33.3 Å². The summed E-state index contributed by atoms with van der Waals surface area (Å²) in [6.07, 6.45) is -0.0260. The molecule has 8 heteroatoms. The number of likely N-dealkylation sites (N-methyl/N-ethyl adjacent to an activating group) is 1. The maximum Gasteiger partial charge on any atom is 0.312 e. The zero-order valence-corrected chi connectivity index (χ0v) is 15.9. The highest BCUT2D eigenvalue weighted by atomic mass is 16.5. The van der Waals surface area contributed by atoms with Crippen LogP contribution in [0.2, 0.25) is 0 Å². The zero-order valence-electron chi connectivity index (χ0n) is 15.9. The molecule has 0 saturated carbocycles. The van der Waals surface area contributed by atoms with Gasteiger partial charge < -0.3 is 19.9 Å². The number of nitrogens with zero attached hydrogens (tertiary/aromatic N) is 2. The third-order valence-corrected chi connectivity index (χ3v) is 4.53. The maximum atomic E-state index is 12.5. The first-order chi connectivity index (χ1) is 12.8. The third kappa shape index (κ3) is 5.29. The van der Waals surface area contributed by atoms with Crippen LogP contribution in [-0.4, -0.2) is 66.8 Å². The van der Waals surface area contributed by atoms with Gasteiger partial charge in [-0.2, -0.15) is 0 Å². The SMILES string of the molecule is CCN1CCN(CC(=O)N[C@H](CC(=O)OC)c2ccc(C)cc2)C(=O)C1=O. The van der Waals surface area contributed by atoms with Gasteiger partial charge in [0.2, 0.25) is 5.91 Å². The van der Waals surface area contributed by atoms with Gasteiger partial charge in [-0.15, -0.1) is 0 Å². The molecule has 1 N–H and O–H groups in total. The van der Waals surface area contributed by atoms with Crippen LogP contribution in [0.4, 0.5) is 0 Å². The van der Waals surface area contributed by atoms with E-state index in [0.29, 0.717) is 19.6 Å². The first-order valence-electron chi connectivity index (χ1n) is 8.86. The zero-order chi connectivity index (χ0) is 20.0. The van der Waals surface area contributed by atoms with E-state index in [9.17, 15) is 19.2 Å². The van der Waals surface area contributed by atoms with Crippen LogP contribution >= 0.6 is 0 Å². The van der Waals surface area contributed by atoms with Gasteiger partial charge in [0.1, 0.15) is 6.54 Å². The summed E-state index contributed by atoms with van der Waals surface area (Å²) in [6, 6.07) is 6.86. The summed E-state index contributed by atoms with van der Waals surface area (Å²) in [5.41, 5.74) is 1.82. The van der Waals surface area contributed by atoms with Gasteiger partial charge in [-0.05, 0) is 19.4 Å². The van der Waals surface area contributed by atoms with Crippen molar-refractivity contribution >= 4 is 23.7 Å². The third-order valence-electron chi connectivity index (χ3n) is 4.53. The van der Waals surface area contributed by atoms with E-state index in [2.05, 4.69) is 5.32 Å². The Labute approximate surface area is 158 Å². The number of hydrogen-bond donors (Lipinski definition) is 1. The van der Waals surface area contributed by atoms with Crippen LogP contribution in [0.5, 0.6) is 0 Å². The molecule has 146 valence electrons. The molecule has 1 aromatic rings. The number of piperazine rings is 1. The molecule has 0 bridgehead atoms. The number of carbonyl (C=O) groups is 4. The summed E-state index contributed by atoms with van der Waals surface area (Å²) in [6.45, 7) is 4.67. The minimum atomic E-state index is -0.682. The van der Waals surface area contributed by atoms with Crippen LogP contribution in [0, 0.1) is 6.92 Å². The molecule has 3 amide bonds. The Kier molecular flexibility index (Phi) is 6.92. The van der Waals surface area contributed by atoms with Crippen molar-refractivity contribution in [3.63, 3.8) is 0 Å². The largest absolute Gasteiger partial charge is 0.469 e. The van der Waals surface area contributed by atoms with Crippen LogP contribution in [0.3, 0.4) is 0 Å². The van der Waals surface area contributed by atoms with E-state index < -0.39 is 29.7 Å². The van der Waals surface area contributed by atoms with Crippen molar-refractivity contribution < 1.29 is 23.9 Å². The number of nitrogens with one attached hydrogen (secondary N) is 1. The lowest BCUT2D eigenvalue weighted by atomic mass is 10.0. The first kappa shape index (κ1) is 20.4. The standard InChI is InChI=1S/C19H25N3O5/c1-4-21-9-10-22(19(26)18(21)25)12-16(23)20-15(11-17(24)27-3)14-7-5-13(2)6-8-14/h5-8,15H,4,9-12H2,1-3H3,(H,20,23)/t15-/m1/s1. The molecule has 1 aliphatic heterocycles. The molecule has 8 nitrogen and oxygen atoms in total. The summed E-state index contributed by atoms with van der Waals surface area (Å²) >= 11 is 0. The molecule has 2 rings (SSSR count). The predicted octanol–water partition coefficient (Wildman–Crippen LogP) is 0.406. The Morgan fingerprint density at radius 3 is 2.30 bits per heavy atom. The van der Waals surface area contributed by atoms with Crippen molar-refractivity contribution in [3.05, 3.63) is 35.4 Å². The summed E-state index contributed by atoms with van der Waals surface area (Å²) in [5, 5.41) is 2.77. The Hall–Kier alpha value is -2.90. The lowest BCUT2D eigenvalue weighted by molar-refractivity contribution is -0.156. The van der Waals surface area contributed by atoms with Gasteiger partial charge in [0.05, 0.1) is 19.6 Å². The second kappa shape index (κ2) is 9.16. The van der Waals surface area contributed by atoms with Gasteiger partial charge in [0, 0.05) is 19.6 Å². The quantitative estimate of drug-likeness (QED) is 0.550. The van der Waals surface area contributed by atoms with Gasteiger partial charge in [-0.3, -0.25) is 19.2 Å². The van der Waals surface area contributed by atoms with Crippen LogP contribution in [0.15, 0.2) is 24.3 Å². The molecule has 1 aliphatic rings. The van der Waals surface area contributed by atoms with Crippen LogP contribution in [-0.2, 0) is 23.9 Å². The Bertz CT molecular complexity index is 717. The van der Waals surface area contributed by atoms with E-state index in [0.717, 1.165) is 11.1 Å². The molecular weight excluding hydrogens is 350 g/mol. The average molecular weight is 375 g/mol. The summed E-state index contributed by atoms with van der Waals surface area (Å²) in [5.74, 6) is -2.17. The number of esters is 1. The fraction of sp³-hybridized carbons (Fsp3) is 0.474. The molecule has 0 aromatic heterocycles. The van der Waals surface area contributed by atoms with Crippen molar-refractivity contribution in [3.8, 4) is 0 Å². The highest BCUT2D eigenvalue weighted by Crippen LogP contribution is 2.18. The van der Waals surface area contributed by atoms with E-state index in [-0.39, 0.29) is 13.0 Å². The van der Waals surface area contributed by atoms with E-state index >= 15 is 0 Å². The number of amides is 3. The number of aryl methyl sites for hydroxylation is 1. The number of benzene rings is 1. The molecule has 0 radical (unpaired) electrons. The topological polar surface area (TPSA) is 96.0 Å². The molecule has 1 atom stereocenters. The molecular formula is C19H25N3O5. The van der Waals surface area contributed by atoms with Gasteiger partial charge in [-0.1, -0.05) is 29.8 Å². The predicted molar refractivity (Wildman–Crippen MR) is 97.5 cm³/mol. The summed E-state index contributed by atoms with van der Waals surface area (Å²) < 4.78 is 4.71. The highest BCUT2D eigenvalue weighted by Gasteiger charge is 2.33. The van der Waals surface area contributed by atoms with Gasteiger partial charge in [0.25, 0.3) is 0 Å². The minimum absolute atomic E-state index is 0.0260. The smallest absolute Gasteiger partial charge is 0.312 e. The molecule has 0 unspecified atom stereocenters. The molecule has 1 saturated heterocycles. The fourth-order valence-electron chi connectivity index (χ4n) is 2.88. The van der Waals surface area contributed by atoms with E-state index in [1.54, 1.807) is 6.92 Å². The average Bonchev–Trinajstić information content (AvgIpc) is 2.65. The van der Waals surface area contributed by atoms with Crippen LogP contribution in [0.25, 0.3) is 0 Å². The van der Waals surface area contributed by atoms with Crippen LogP contribution < -0.4 is 5.32 Å². The van der Waals surface area contributed by atoms with Gasteiger partial charge >= 0.3 is 17.8 Å². The van der Waals surface area contributed by atoms with Crippen molar-refractivity contribution in [1.29, 1.82) is 0 Å². The number of ether oxygens (including phenoxy) is 1. The number of hydrogen-bond acceptors (Lipinski definition) is 5. The Morgan fingerprint density at radius 2 is 1.70 bits per heavy atom. The van der Waals surface area contributed by atoms with Crippen molar-refractivity contribution in [2.24, 2.45) is 0 Å². The Balaban J connectivity index is 2.05. The van der Waals surface area contributed by atoms with Crippen LogP contribution in [0.1, 0.15) is 30.5 Å². The van der Waals surface area contributed by atoms with Gasteiger partial charge in [0.15, 0.2) is 0 Å². The molecule has 1 heterocycles. The normalized spacial score (nSPS) is 15.5. The van der Waals surface area contributed by atoms with Gasteiger partial charge in [-0.25, -0.2) is 0 Å². The molecule has 1 aromatic carbocycles. The van der Waals surface area contributed by atoms with Crippen molar-refractivity contribution in [2.45, 2.75) is 26.3 Å². The van der Waals surface area contributed by atoms with Crippen molar-refractivity contribution in [1.82, 2.24) is 15.1 Å². The second-order valence-electron chi connectivity index (χ2n) is 6.42. The fourth-order valence-corrected chi connectivity index (χ4v) is 2.88. The molecule has 0 spiro atoms. The lowest BCUT2D eigenvalue weighted by Gasteiger charge is -2.33. The molecule has 0 aliphatic carbocycles. The van der Waals surface area contributed by atoms with E-state index in [1.807, 2.05) is 31.2 Å². The van der Waals surface area contributed by atoms with E-state index in [4.69, 9.17) is 4.74 Å². The highest BCUT2D eigenvalue weighted by molar-refractivity contribution is 6.35. The molecule has 1 fully saturated rings. The summed E-state index contributed by atoms with van der Waals surface area (Å²) in [4.78, 5) is 50.9. The van der Waals surface area contributed by atoms with E-state index in [1.165, 1.54) is 16.9 Å². The molecule has 27 heavy (non-hydrogen) atoms. The lowest BCUT2D eigenvalue weighted by Crippen LogP contribution is -2.56. The monoisotopic (exact) mass is 375 g/mol. The summed E-state index contributed by atoms with van der Waals surface area (Å²) in [7, 11) is 1.29. The second-order valence-corrected chi connectivity index (χ2v) is 6.42. The number of rotatable bonds is 7. The first-order valence-corrected chi connectivity index (χ1v) is 8.86. The number of carbonyl (C=O) groups excluding carboxylic acids is 4. The maximum absolute atomic E-state index is 12.5.